The van der Waals surface area contributed by atoms with Crippen molar-refractivity contribution in [3.8, 4) is 0 Å². The van der Waals surface area contributed by atoms with Crippen LogP contribution in [-0.2, 0) is 14.6 Å². The molecule has 0 aromatic rings. The Morgan fingerprint density at radius 2 is 2.28 bits per heavy atom. The topological polar surface area (TPSA) is 61.6 Å². The summed E-state index contributed by atoms with van der Waals surface area (Å²) in [5.41, 5.74) is 5.48. The molecule has 1 aliphatic heterocycles. The minimum absolute atomic E-state index is 0.0613. The maximum Gasteiger partial charge on any atom is 0.220 e. The number of rotatable bonds is 3. The molecule has 0 radical (unpaired) electrons. The second kappa shape index (κ2) is 4.92. The Hall–Kier alpha value is -1.03. The van der Waals surface area contributed by atoms with Crippen LogP contribution in [0, 0.1) is 23.2 Å². The monoisotopic (exact) mass is 253 g/mol. The fourth-order valence-electron chi connectivity index (χ4n) is 3.35. The van der Waals surface area contributed by atoms with Crippen molar-refractivity contribution in [2.75, 3.05) is 6.61 Å². The summed E-state index contributed by atoms with van der Waals surface area (Å²) in [6.45, 7) is 6.97. The van der Waals surface area contributed by atoms with Gasteiger partial charge in [0.1, 0.15) is 12.4 Å². The Bertz CT molecular complexity index is 364. The van der Waals surface area contributed by atoms with Gasteiger partial charge in [-0.1, -0.05) is 20.8 Å². The largest absolute Gasteiger partial charge is 0.369 e. The molecule has 18 heavy (non-hydrogen) atoms. The first-order chi connectivity index (χ1) is 8.44. The quantitative estimate of drug-likeness (QED) is 0.786. The number of carbonyl (C=O) groups excluding carboxylic acids is 1. The average Bonchev–Trinajstić information content (AvgIpc) is 2.82. The van der Waals surface area contributed by atoms with Gasteiger partial charge in [-0.25, -0.2) is 0 Å². The highest BCUT2D eigenvalue weighted by molar-refractivity contribution is 5.77. The minimum Gasteiger partial charge on any atom is -0.369 e. The van der Waals surface area contributed by atoms with Crippen LogP contribution in [0.2, 0.25) is 0 Å². The maximum atomic E-state index is 11.7. The van der Waals surface area contributed by atoms with Gasteiger partial charge in [0.05, 0.1) is 0 Å². The van der Waals surface area contributed by atoms with Gasteiger partial charge in [0.15, 0.2) is 0 Å². The van der Waals surface area contributed by atoms with Crippen LogP contribution >= 0.6 is 0 Å². The van der Waals surface area contributed by atoms with Crippen molar-refractivity contribution >= 4 is 5.91 Å². The van der Waals surface area contributed by atoms with Crippen molar-refractivity contribution in [2.45, 2.75) is 40.0 Å². The lowest BCUT2D eigenvalue weighted by molar-refractivity contribution is -0.247. The van der Waals surface area contributed by atoms with Crippen LogP contribution in [0.25, 0.3) is 0 Å². The number of nitrogens with two attached hydrogens (primary N) is 1. The summed E-state index contributed by atoms with van der Waals surface area (Å²) in [5.74, 6) is 1.50. The van der Waals surface area contributed by atoms with E-state index in [2.05, 4.69) is 20.8 Å². The highest BCUT2D eigenvalue weighted by Crippen LogP contribution is 2.49. The maximum absolute atomic E-state index is 11.7. The van der Waals surface area contributed by atoms with Gasteiger partial charge < -0.3 is 10.6 Å². The molecule has 1 fully saturated rings. The molecule has 0 aromatic carbocycles. The van der Waals surface area contributed by atoms with Crippen molar-refractivity contribution in [2.24, 2.45) is 28.9 Å². The van der Waals surface area contributed by atoms with Crippen LogP contribution in [0.4, 0.5) is 0 Å². The average molecular weight is 253 g/mol. The van der Waals surface area contributed by atoms with Gasteiger partial charge in [-0.3, -0.25) is 4.79 Å². The first-order valence-electron chi connectivity index (χ1n) is 6.73. The summed E-state index contributed by atoms with van der Waals surface area (Å²) in [7, 11) is 0. The molecule has 0 saturated heterocycles. The number of hydrogen-bond donors (Lipinski definition) is 1. The smallest absolute Gasteiger partial charge is 0.220 e. The van der Waals surface area contributed by atoms with Crippen molar-refractivity contribution in [3.63, 3.8) is 0 Å². The first-order valence-corrected chi connectivity index (χ1v) is 6.73. The van der Waals surface area contributed by atoms with Gasteiger partial charge in [-0.2, -0.15) is 4.89 Å². The molecule has 0 aromatic heterocycles. The second-order valence-electron chi connectivity index (χ2n) is 6.16. The highest BCUT2D eigenvalue weighted by atomic mass is 17.2. The van der Waals surface area contributed by atoms with Crippen molar-refractivity contribution in [3.05, 3.63) is 11.8 Å². The van der Waals surface area contributed by atoms with Gasteiger partial charge in [-0.15, -0.1) is 0 Å². The molecule has 4 heteroatoms. The first kappa shape index (κ1) is 13.4. The lowest BCUT2D eigenvalue weighted by Crippen LogP contribution is -2.42. The van der Waals surface area contributed by atoms with Gasteiger partial charge in [-0.05, 0) is 37.2 Å². The third-order valence-corrected chi connectivity index (χ3v) is 4.52. The lowest BCUT2D eigenvalue weighted by atomic mass is 9.62. The van der Waals surface area contributed by atoms with E-state index >= 15 is 0 Å². The molecule has 3 unspecified atom stereocenters. The van der Waals surface area contributed by atoms with Crippen molar-refractivity contribution in [1.29, 1.82) is 0 Å². The van der Waals surface area contributed by atoms with E-state index in [0.717, 1.165) is 25.0 Å². The standard InChI is InChI=1S/C14H23NO3/c1-9(2)10-4-6-14(3,8-11(10)13(15)16)12-5-7-17-18-12/h5,9-11H,4,6-8H2,1-3H3,(H2,15,16). The molecule has 0 bridgehead atoms. The van der Waals surface area contributed by atoms with Crippen LogP contribution in [0.5, 0.6) is 0 Å². The van der Waals surface area contributed by atoms with Crippen LogP contribution in [0.1, 0.15) is 40.0 Å². The van der Waals surface area contributed by atoms with Gasteiger partial charge in [0.2, 0.25) is 5.91 Å². The summed E-state index contributed by atoms with van der Waals surface area (Å²) in [6, 6.07) is 0. The van der Waals surface area contributed by atoms with E-state index in [0.29, 0.717) is 18.4 Å². The Morgan fingerprint density at radius 1 is 1.56 bits per heavy atom. The molecule has 1 saturated carbocycles. The third kappa shape index (κ3) is 2.39. The van der Waals surface area contributed by atoms with E-state index in [9.17, 15) is 4.79 Å². The zero-order valence-corrected chi connectivity index (χ0v) is 11.4. The van der Waals surface area contributed by atoms with E-state index < -0.39 is 0 Å². The molecule has 0 spiro atoms. The predicted octanol–water partition coefficient (Wildman–Crippen LogP) is 2.40. The normalized spacial score (nSPS) is 36.3. The molecule has 1 heterocycles. The van der Waals surface area contributed by atoms with E-state index in [-0.39, 0.29) is 17.2 Å². The highest BCUT2D eigenvalue weighted by Gasteiger charge is 2.45. The number of hydrogen-bond acceptors (Lipinski definition) is 3. The van der Waals surface area contributed by atoms with E-state index in [4.69, 9.17) is 15.5 Å². The molecule has 3 atom stereocenters. The number of allylic oxidation sites excluding steroid dienone is 1. The Morgan fingerprint density at radius 3 is 2.78 bits per heavy atom. The molecule has 2 rings (SSSR count). The van der Waals surface area contributed by atoms with Crippen molar-refractivity contribution in [1.82, 2.24) is 0 Å². The molecule has 2 aliphatic rings. The summed E-state index contributed by atoms with van der Waals surface area (Å²) >= 11 is 0. The molecule has 102 valence electrons. The van der Waals surface area contributed by atoms with Crippen LogP contribution in [0.3, 0.4) is 0 Å². The van der Waals surface area contributed by atoms with E-state index in [1.165, 1.54) is 0 Å². The summed E-state index contributed by atoms with van der Waals surface area (Å²) in [5, 5.41) is 0. The molecule has 2 N–H and O–H groups in total. The Balaban J connectivity index is 2.17. The molecule has 4 nitrogen and oxygen atoms in total. The van der Waals surface area contributed by atoms with Crippen LogP contribution in [0.15, 0.2) is 11.8 Å². The Kier molecular flexibility index (Phi) is 3.66. The van der Waals surface area contributed by atoms with Crippen molar-refractivity contribution < 1.29 is 14.6 Å². The van der Waals surface area contributed by atoms with Gasteiger partial charge in [0, 0.05) is 11.3 Å². The summed E-state index contributed by atoms with van der Waals surface area (Å²) < 4.78 is 0. The zero-order chi connectivity index (χ0) is 13.3. The SMILES string of the molecule is CC(C)C1CCC(C)(C2=CCOO2)CC1C(N)=O. The number of primary amides is 1. The number of carbonyl (C=O) groups is 1. The minimum atomic E-state index is -0.181. The summed E-state index contributed by atoms with van der Waals surface area (Å²) in [4.78, 5) is 21.9. The van der Waals surface area contributed by atoms with Crippen LogP contribution in [-0.4, -0.2) is 12.5 Å². The third-order valence-electron chi connectivity index (χ3n) is 4.52. The zero-order valence-electron chi connectivity index (χ0n) is 11.4. The van der Waals surface area contributed by atoms with Crippen LogP contribution < -0.4 is 5.73 Å². The fraction of sp³-hybridized carbons (Fsp3) is 0.786. The summed E-state index contributed by atoms with van der Waals surface area (Å²) in [6.07, 6.45) is 4.77. The number of amides is 1. The molecular formula is C14H23NO3. The van der Waals surface area contributed by atoms with E-state index in [1.54, 1.807) is 0 Å². The molecule has 1 aliphatic carbocycles. The van der Waals surface area contributed by atoms with E-state index in [1.807, 2.05) is 6.08 Å². The molecule has 1 amide bonds. The van der Waals surface area contributed by atoms with Gasteiger partial charge in [0.25, 0.3) is 0 Å². The fourth-order valence-corrected chi connectivity index (χ4v) is 3.35. The Labute approximate surface area is 108 Å². The molecular weight excluding hydrogens is 230 g/mol. The van der Waals surface area contributed by atoms with Gasteiger partial charge >= 0.3 is 0 Å². The second-order valence-corrected chi connectivity index (χ2v) is 6.16. The lowest BCUT2D eigenvalue weighted by Gasteiger charge is -2.42. The predicted molar refractivity (Wildman–Crippen MR) is 68.1 cm³/mol.